The fourth-order valence-corrected chi connectivity index (χ4v) is 3.57. The zero-order chi connectivity index (χ0) is 15.0. The van der Waals surface area contributed by atoms with Crippen molar-refractivity contribution in [3.8, 4) is 0 Å². The van der Waals surface area contributed by atoms with Crippen LogP contribution in [0.3, 0.4) is 0 Å². The average molecular weight is 292 g/mol. The van der Waals surface area contributed by atoms with Gasteiger partial charge in [0.15, 0.2) is 0 Å². The Balaban J connectivity index is 1.61. The van der Waals surface area contributed by atoms with E-state index in [1.165, 1.54) is 6.42 Å². The molecule has 0 radical (unpaired) electrons. The highest BCUT2D eigenvalue weighted by Crippen LogP contribution is 2.31. The molecule has 0 aromatic carbocycles. The summed E-state index contributed by atoms with van der Waals surface area (Å²) in [6, 6.07) is 0.409. The molecule has 1 aromatic rings. The van der Waals surface area contributed by atoms with Gasteiger partial charge >= 0.3 is 6.03 Å². The minimum Gasteiger partial charge on any atom is -0.361 e. The van der Waals surface area contributed by atoms with Gasteiger partial charge in [0.25, 0.3) is 0 Å². The maximum Gasteiger partial charge on any atom is 0.317 e. The minimum absolute atomic E-state index is 0.0396. The third-order valence-corrected chi connectivity index (χ3v) is 4.92. The quantitative estimate of drug-likeness (QED) is 0.898. The largest absolute Gasteiger partial charge is 0.361 e. The van der Waals surface area contributed by atoms with E-state index in [0.29, 0.717) is 18.5 Å². The number of fused-ring (bicyclic) bond motifs is 1. The summed E-state index contributed by atoms with van der Waals surface area (Å²) in [7, 11) is 2.13. The van der Waals surface area contributed by atoms with E-state index >= 15 is 0 Å². The van der Waals surface area contributed by atoms with Crippen molar-refractivity contribution in [1.29, 1.82) is 0 Å². The first kappa shape index (κ1) is 14.4. The van der Waals surface area contributed by atoms with Crippen LogP contribution in [-0.2, 0) is 6.54 Å². The summed E-state index contributed by atoms with van der Waals surface area (Å²) in [5.41, 5.74) is 1.84. The smallest absolute Gasteiger partial charge is 0.317 e. The number of aromatic nitrogens is 1. The van der Waals surface area contributed by atoms with Crippen LogP contribution in [0.5, 0.6) is 0 Å². The Morgan fingerprint density at radius 2 is 2.14 bits per heavy atom. The summed E-state index contributed by atoms with van der Waals surface area (Å²) in [4.78, 5) is 16.8. The normalized spacial score (nSPS) is 26.0. The second-order valence-corrected chi connectivity index (χ2v) is 6.32. The number of hydrogen-bond donors (Lipinski definition) is 1. The van der Waals surface area contributed by atoms with Crippen LogP contribution in [0.25, 0.3) is 0 Å². The van der Waals surface area contributed by atoms with Gasteiger partial charge in [-0.25, -0.2) is 4.79 Å². The highest BCUT2D eigenvalue weighted by molar-refractivity contribution is 5.75. The molecule has 0 bridgehead atoms. The third-order valence-electron chi connectivity index (χ3n) is 4.92. The lowest BCUT2D eigenvalue weighted by molar-refractivity contribution is 0.131. The van der Waals surface area contributed by atoms with Gasteiger partial charge in [-0.05, 0) is 46.2 Å². The lowest BCUT2D eigenvalue weighted by Gasteiger charge is -2.36. The van der Waals surface area contributed by atoms with Crippen molar-refractivity contribution in [3.63, 3.8) is 0 Å². The molecule has 2 saturated heterocycles. The maximum atomic E-state index is 12.5. The first-order valence-corrected chi connectivity index (χ1v) is 7.71. The summed E-state index contributed by atoms with van der Waals surface area (Å²) in [6.45, 7) is 7.28. The maximum absolute atomic E-state index is 12.5. The molecule has 3 heterocycles. The monoisotopic (exact) mass is 292 g/mol. The number of hydrogen-bond acceptors (Lipinski definition) is 4. The Morgan fingerprint density at radius 1 is 1.38 bits per heavy atom. The second-order valence-electron chi connectivity index (χ2n) is 6.32. The number of nitrogens with one attached hydrogen (secondary N) is 1. The standard InChI is InChI=1S/C15H24N4O2/c1-10-13(11(2)21-17-10)8-16-15(20)19-7-5-12-4-6-18(3)9-14(12)19/h12,14H,4-9H2,1-3H3,(H,16,20)/t12-,14-/m1/s1. The molecule has 6 nitrogen and oxygen atoms in total. The zero-order valence-corrected chi connectivity index (χ0v) is 13.1. The number of likely N-dealkylation sites (tertiary alicyclic amines) is 2. The van der Waals surface area contributed by atoms with Crippen LogP contribution >= 0.6 is 0 Å². The fraction of sp³-hybridized carbons (Fsp3) is 0.733. The number of amides is 2. The van der Waals surface area contributed by atoms with Crippen molar-refractivity contribution in [2.75, 3.05) is 26.7 Å². The lowest BCUT2D eigenvalue weighted by atomic mass is 9.92. The Morgan fingerprint density at radius 3 is 2.86 bits per heavy atom. The molecule has 2 aliphatic heterocycles. The topological polar surface area (TPSA) is 61.6 Å². The van der Waals surface area contributed by atoms with Crippen molar-refractivity contribution in [2.24, 2.45) is 5.92 Å². The Labute approximate surface area is 125 Å². The van der Waals surface area contributed by atoms with E-state index in [0.717, 1.165) is 43.1 Å². The van der Waals surface area contributed by atoms with Crippen LogP contribution in [-0.4, -0.2) is 53.7 Å². The molecule has 0 aliphatic carbocycles. The van der Waals surface area contributed by atoms with Crippen molar-refractivity contribution in [3.05, 3.63) is 17.0 Å². The molecule has 0 saturated carbocycles. The van der Waals surface area contributed by atoms with Crippen molar-refractivity contribution >= 4 is 6.03 Å². The van der Waals surface area contributed by atoms with E-state index in [4.69, 9.17) is 4.52 Å². The van der Waals surface area contributed by atoms with Gasteiger partial charge in [-0.1, -0.05) is 5.16 Å². The molecule has 0 spiro atoms. The van der Waals surface area contributed by atoms with E-state index < -0.39 is 0 Å². The molecule has 116 valence electrons. The molecular formula is C15H24N4O2. The summed E-state index contributed by atoms with van der Waals surface area (Å²) in [5.74, 6) is 1.45. The second kappa shape index (κ2) is 5.67. The molecule has 2 atom stereocenters. The van der Waals surface area contributed by atoms with Gasteiger partial charge in [-0.3, -0.25) is 0 Å². The van der Waals surface area contributed by atoms with Gasteiger partial charge in [-0.2, -0.15) is 0 Å². The van der Waals surface area contributed by atoms with E-state index in [1.807, 2.05) is 18.7 Å². The molecule has 2 aliphatic rings. The molecule has 1 aromatic heterocycles. The highest BCUT2D eigenvalue weighted by atomic mass is 16.5. The van der Waals surface area contributed by atoms with Crippen LogP contribution in [0.2, 0.25) is 0 Å². The first-order chi connectivity index (χ1) is 10.1. The van der Waals surface area contributed by atoms with Crippen LogP contribution in [0.1, 0.15) is 29.9 Å². The Kier molecular flexibility index (Phi) is 3.89. The van der Waals surface area contributed by atoms with Crippen molar-refractivity contribution in [2.45, 2.75) is 39.3 Å². The SMILES string of the molecule is Cc1noc(C)c1CNC(=O)N1CC[C@H]2CCN(C)C[C@H]21. The van der Waals surface area contributed by atoms with Crippen LogP contribution < -0.4 is 5.32 Å². The summed E-state index contributed by atoms with van der Waals surface area (Å²) in [5, 5.41) is 6.95. The number of piperidine rings is 1. The number of urea groups is 1. The van der Waals surface area contributed by atoms with Gasteiger partial charge in [0.2, 0.25) is 0 Å². The van der Waals surface area contributed by atoms with Crippen LogP contribution in [0.15, 0.2) is 4.52 Å². The molecule has 1 N–H and O–H groups in total. The van der Waals surface area contributed by atoms with Gasteiger partial charge in [0.05, 0.1) is 5.69 Å². The molecule has 0 unspecified atom stereocenters. The first-order valence-electron chi connectivity index (χ1n) is 7.71. The summed E-state index contributed by atoms with van der Waals surface area (Å²) < 4.78 is 5.13. The van der Waals surface area contributed by atoms with Gasteiger partial charge in [0, 0.05) is 31.2 Å². The predicted molar refractivity (Wildman–Crippen MR) is 78.9 cm³/mol. The van der Waals surface area contributed by atoms with Crippen LogP contribution in [0, 0.1) is 19.8 Å². The predicted octanol–water partition coefficient (Wildman–Crippen LogP) is 1.53. The number of carbonyl (C=O) groups is 1. The van der Waals surface area contributed by atoms with Crippen molar-refractivity contribution < 1.29 is 9.32 Å². The van der Waals surface area contributed by atoms with E-state index in [1.54, 1.807) is 0 Å². The van der Waals surface area contributed by atoms with E-state index in [-0.39, 0.29) is 6.03 Å². The minimum atomic E-state index is 0.0396. The lowest BCUT2D eigenvalue weighted by Crippen LogP contribution is -2.51. The summed E-state index contributed by atoms with van der Waals surface area (Å²) >= 11 is 0. The third kappa shape index (κ3) is 2.77. The highest BCUT2D eigenvalue weighted by Gasteiger charge is 2.39. The number of aryl methyl sites for hydroxylation is 2. The van der Waals surface area contributed by atoms with E-state index in [9.17, 15) is 4.79 Å². The molecule has 3 rings (SSSR count). The van der Waals surface area contributed by atoms with Crippen molar-refractivity contribution in [1.82, 2.24) is 20.3 Å². The van der Waals surface area contributed by atoms with Gasteiger partial charge in [-0.15, -0.1) is 0 Å². The van der Waals surface area contributed by atoms with Crippen LogP contribution in [0.4, 0.5) is 4.79 Å². The number of carbonyl (C=O) groups excluding carboxylic acids is 1. The molecular weight excluding hydrogens is 268 g/mol. The Hall–Kier alpha value is -1.56. The van der Waals surface area contributed by atoms with Gasteiger partial charge < -0.3 is 19.6 Å². The number of nitrogens with zero attached hydrogens (tertiary/aromatic N) is 3. The van der Waals surface area contributed by atoms with E-state index in [2.05, 4.69) is 22.4 Å². The molecule has 21 heavy (non-hydrogen) atoms. The van der Waals surface area contributed by atoms with Gasteiger partial charge in [0.1, 0.15) is 5.76 Å². The number of rotatable bonds is 2. The molecule has 2 fully saturated rings. The molecule has 6 heteroatoms. The Bertz CT molecular complexity index is 508. The average Bonchev–Trinajstić information content (AvgIpc) is 3.00. The summed E-state index contributed by atoms with van der Waals surface area (Å²) in [6.07, 6.45) is 2.34. The zero-order valence-electron chi connectivity index (χ0n) is 13.1. The molecule has 2 amide bonds. The number of likely N-dealkylation sites (N-methyl/N-ethyl adjacent to an activating group) is 1. The fourth-order valence-electron chi connectivity index (χ4n) is 3.57.